The molecule has 2 N–H and O–H groups in total. The van der Waals surface area contributed by atoms with Crippen molar-refractivity contribution in [2.45, 2.75) is 32.8 Å². The quantitative estimate of drug-likeness (QED) is 0.612. The van der Waals surface area contributed by atoms with E-state index in [1.54, 1.807) is 13.0 Å². The summed E-state index contributed by atoms with van der Waals surface area (Å²) in [5, 5.41) is 0. The number of nitrogen functional groups attached to an aromatic ring is 1. The molecule has 21 heavy (non-hydrogen) atoms. The molecule has 0 aliphatic carbocycles. The van der Waals surface area contributed by atoms with Crippen molar-refractivity contribution >= 4 is 17.6 Å². The molecule has 1 rings (SSSR count). The average Bonchev–Trinajstić information content (AvgIpc) is 2.47. The lowest BCUT2D eigenvalue weighted by molar-refractivity contribution is -0.153. The first kappa shape index (κ1) is 16.8. The number of benzene rings is 1. The van der Waals surface area contributed by atoms with Gasteiger partial charge in [-0.15, -0.1) is 0 Å². The third-order valence-electron chi connectivity index (χ3n) is 2.82. The molecule has 0 aliphatic rings. The van der Waals surface area contributed by atoms with Gasteiger partial charge in [-0.2, -0.15) is 0 Å². The number of esters is 2. The molecule has 116 valence electrons. The van der Waals surface area contributed by atoms with Gasteiger partial charge in [0, 0.05) is 0 Å². The Morgan fingerprint density at radius 2 is 2.00 bits per heavy atom. The average molecular weight is 295 g/mol. The number of ether oxygens (including phenoxy) is 3. The highest BCUT2D eigenvalue weighted by Crippen LogP contribution is 2.23. The van der Waals surface area contributed by atoms with E-state index in [1.165, 1.54) is 19.2 Å². The van der Waals surface area contributed by atoms with E-state index >= 15 is 0 Å². The van der Waals surface area contributed by atoms with Crippen molar-refractivity contribution < 1.29 is 23.8 Å². The summed E-state index contributed by atoms with van der Waals surface area (Å²) in [5.74, 6) is -0.762. The van der Waals surface area contributed by atoms with Crippen molar-refractivity contribution in [3.05, 3.63) is 23.8 Å². The Balaban J connectivity index is 2.84. The molecule has 0 fully saturated rings. The van der Waals surface area contributed by atoms with Gasteiger partial charge in [0.25, 0.3) is 0 Å². The topological polar surface area (TPSA) is 87.9 Å². The molecule has 0 heterocycles. The Labute approximate surface area is 124 Å². The van der Waals surface area contributed by atoms with E-state index in [0.29, 0.717) is 24.3 Å². The molecule has 0 amide bonds. The summed E-state index contributed by atoms with van der Waals surface area (Å²) in [7, 11) is 1.46. The zero-order valence-electron chi connectivity index (χ0n) is 12.5. The van der Waals surface area contributed by atoms with E-state index in [0.717, 1.165) is 0 Å². The number of nitrogens with two attached hydrogens (primary N) is 1. The van der Waals surface area contributed by atoms with Gasteiger partial charge in [-0.3, -0.25) is 0 Å². The molecule has 6 heteroatoms. The van der Waals surface area contributed by atoms with Crippen LogP contribution in [0, 0.1) is 0 Å². The lowest BCUT2D eigenvalue weighted by Gasteiger charge is -2.16. The van der Waals surface area contributed by atoms with Crippen LogP contribution in [0.15, 0.2) is 18.2 Å². The van der Waals surface area contributed by atoms with Gasteiger partial charge in [-0.05, 0) is 31.5 Å². The summed E-state index contributed by atoms with van der Waals surface area (Å²) >= 11 is 0. The van der Waals surface area contributed by atoms with Gasteiger partial charge in [-0.25, -0.2) is 9.59 Å². The molecular weight excluding hydrogens is 274 g/mol. The number of carbonyl (C=O) groups is 2. The van der Waals surface area contributed by atoms with Crippen molar-refractivity contribution in [1.29, 1.82) is 0 Å². The van der Waals surface area contributed by atoms with Gasteiger partial charge in [0.05, 0.1) is 25.0 Å². The SMILES string of the molecule is CCCC(OC(=O)c1ccc(N)c(OC)c1)C(=O)OCC. The van der Waals surface area contributed by atoms with Crippen molar-refractivity contribution in [2.75, 3.05) is 19.5 Å². The first-order valence-corrected chi connectivity index (χ1v) is 6.84. The molecule has 0 bridgehead atoms. The number of carbonyl (C=O) groups excluding carboxylic acids is 2. The standard InChI is InChI=1S/C15H21NO5/c1-4-6-12(15(18)20-5-2)21-14(17)10-7-8-11(16)13(9-10)19-3/h7-9,12H,4-6,16H2,1-3H3. The Morgan fingerprint density at radius 1 is 1.29 bits per heavy atom. The van der Waals surface area contributed by atoms with Crippen LogP contribution >= 0.6 is 0 Å². The molecule has 0 aliphatic heterocycles. The second-order valence-electron chi connectivity index (χ2n) is 4.39. The lowest BCUT2D eigenvalue weighted by atomic mass is 10.1. The van der Waals surface area contributed by atoms with Gasteiger partial charge in [-0.1, -0.05) is 13.3 Å². The highest BCUT2D eigenvalue weighted by atomic mass is 16.6. The van der Waals surface area contributed by atoms with Crippen molar-refractivity contribution in [3.8, 4) is 5.75 Å². The molecule has 1 unspecified atom stereocenters. The molecule has 0 saturated heterocycles. The largest absolute Gasteiger partial charge is 0.495 e. The number of hydrogen-bond acceptors (Lipinski definition) is 6. The molecule has 1 atom stereocenters. The van der Waals surface area contributed by atoms with Gasteiger partial charge in [0.2, 0.25) is 0 Å². The van der Waals surface area contributed by atoms with Crippen molar-refractivity contribution in [2.24, 2.45) is 0 Å². The van der Waals surface area contributed by atoms with Crippen molar-refractivity contribution in [3.63, 3.8) is 0 Å². The minimum absolute atomic E-state index is 0.242. The zero-order valence-corrected chi connectivity index (χ0v) is 12.5. The van der Waals surface area contributed by atoms with Crippen LogP contribution in [0.2, 0.25) is 0 Å². The van der Waals surface area contributed by atoms with E-state index in [4.69, 9.17) is 19.9 Å². The zero-order chi connectivity index (χ0) is 15.8. The molecule has 0 spiro atoms. The fraction of sp³-hybridized carbons (Fsp3) is 0.467. The molecule has 0 radical (unpaired) electrons. The predicted octanol–water partition coefficient (Wildman–Crippen LogP) is 2.17. The third kappa shape index (κ3) is 4.66. The van der Waals surface area contributed by atoms with Crippen molar-refractivity contribution in [1.82, 2.24) is 0 Å². The second-order valence-corrected chi connectivity index (χ2v) is 4.39. The lowest BCUT2D eigenvalue weighted by Crippen LogP contribution is -2.29. The van der Waals surface area contributed by atoms with E-state index in [1.807, 2.05) is 6.92 Å². The summed E-state index contributed by atoms with van der Waals surface area (Å²) in [6, 6.07) is 4.55. The fourth-order valence-electron chi connectivity index (χ4n) is 1.76. The Hall–Kier alpha value is -2.24. The van der Waals surface area contributed by atoms with Crippen LogP contribution < -0.4 is 10.5 Å². The van der Waals surface area contributed by atoms with Crippen LogP contribution in [0.25, 0.3) is 0 Å². The Bertz CT molecular complexity index is 501. The summed E-state index contributed by atoms with van der Waals surface area (Å²) in [6.07, 6.45) is 0.212. The molecular formula is C15H21NO5. The predicted molar refractivity (Wildman–Crippen MR) is 78.2 cm³/mol. The fourth-order valence-corrected chi connectivity index (χ4v) is 1.76. The van der Waals surface area contributed by atoms with Gasteiger partial charge in [0.1, 0.15) is 5.75 Å². The molecule has 1 aromatic carbocycles. The maximum absolute atomic E-state index is 12.1. The van der Waals surface area contributed by atoms with Crippen LogP contribution in [-0.2, 0) is 14.3 Å². The van der Waals surface area contributed by atoms with Crippen LogP contribution in [0.1, 0.15) is 37.0 Å². The first-order chi connectivity index (χ1) is 10.0. The maximum Gasteiger partial charge on any atom is 0.347 e. The molecule has 1 aromatic rings. The van der Waals surface area contributed by atoms with Crippen LogP contribution in [0.5, 0.6) is 5.75 Å². The van der Waals surface area contributed by atoms with E-state index in [9.17, 15) is 9.59 Å². The number of methoxy groups -OCH3 is 1. The number of anilines is 1. The highest BCUT2D eigenvalue weighted by molar-refractivity contribution is 5.92. The van der Waals surface area contributed by atoms with Crippen LogP contribution in [-0.4, -0.2) is 31.8 Å². The van der Waals surface area contributed by atoms with Gasteiger partial charge < -0.3 is 19.9 Å². The summed E-state index contributed by atoms with van der Waals surface area (Å²) in [6.45, 7) is 3.84. The van der Waals surface area contributed by atoms with E-state index < -0.39 is 18.0 Å². The normalized spacial score (nSPS) is 11.6. The number of rotatable bonds is 7. The summed E-state index contributed by atoms with van der Waals surface area (Å²) in [5.41, 5.74) is 6.38. The van der Waals surface area contributed by atoms with Gasteiger partial charge in [0.15, 0.2) is 6.10 Å². The molecule has 0 aromatic heterocycles. The monoisotopic (exact) mass is 295 g/mol. The van der Waals surface area contributed by atoms with Crippen LogP contribution in [0.3, 0.4) is 0 Å². The highest BCUT2D eigenvalue weighted by Gasteiger charge is 2.24. The third-order valence-corrected chi connectivity index (χ3v) is 2.82. The maximum atomic E-state index is 12.1. The second kappa shape index (κ2) is 8.14. The molecule has 6 nitrogen and oxygen atoms in total. The van der Waals surface area contributed by atoms with Gasteiger partial charge >= 0.3 is 11.9 Å². The number of hydrogen-bond donors (Lipinski definition) is 1. The van der Waals surface area contributed by atoms with E-state index in [2.05, 4.69) is 0 Å². The first-order valence-electron chi connectivity index (χ1n) is 6.84. The van der Waals surface area contributed by atoms with E-state index in [-0.39, 0.29) is 12.2 Å². The Kier molecular flexibility index (Phi) is 6.52. The Morgan fingerprint density at radius 3 is 2.57 bits per heavy atom. The molecule has 0 saturated carbocycles. The minimum atomic E-state index is -0.897. The van der Waals surface area contributed by atoms with Crippen LogP contribution in [0.4, 0.5) is 5.69 Å². The minimum Gasteiger partial charge on any atom is -0.495 e. The smallest absolute Gasteiger partial charge is 0.347 e. The summed E-state index contributed by atoms with van der Waals surface area (Å²) in [4.78, 5) is 23.8. The summed E-state index contributed by atoms with van der Waals surface area (Å²) < 4.78 is 15.2.